The Morgan fingerprint density at radius 3 is 2.27 bits per heavy atom. The van der Waals surface area contributed by atoms with E-state index in [9.17, 15) is 24.8 Å². The Bertz CT molecular complexity index is 1250. The lowest BCUT2D eigenvalue weighted by Crippen LogP contribution is -2.40. The number of nitrogens with zero attached hydrogens (tertiary/aromatic N) is 2. The number of hydrogen-bond donors (Lipinski definition) is 2. The molecule has 168 valence electrons. The maximum atomic E-state index is 13.0. The van der Waals surface area contributed by atoms with Crippen LogP contribution in [-0.2, 0) is 19.1 Å². The average Bonchev–Trinajstić information content (AvgIpc) is 2.82. The molecule has 0 saturated heterocycles. The van der Waals surface area contributed by atoms with Crippen LogP contribution in [0, 0.1) is 11.3 Å². The largest absolute Gasteiger partial charge is 0.478 e. The third-order valence-corrected chi connectivity index (χ3v) is 5.46. The van der Waals surface area contributed by atoms with E-state index in [4.69, 9.17) is 15.2 Å². The van der Waals surface area contributed by atoms with E-state index in [1.807, 2.05) is 6.07 Å². The fourth-order valence-electron chi connectivity index (χ4n) is 3.61. The van der Waals surface area contributed by atoms with E-state index in [1.165, 1.54) is 18.2 Å². The van der Waals surface area contributed by atoms with E-state index in [0.29, 0.717) is 10.0 Å². The number of allylic oxidation sites excluding steroid dienone is 1. The van der Waals surface area contributed by atoms with Crippen molar-refractivity contribution in [3.05, 3.63) is 86.8 Å². The van der Waals surface area contributed by atoms with Crippen molar-refractivity contribution in [2.75, 3.05) is 19.1 Å². The molecule has 0 fully saturated rings. The van der Waals surface area contributed by atoms with E-state index in [0.717, 1.165) is 19.1 Å². The van der Waals surface area contributed by atoms with Gasteiger partial charge in [-0.2, -0.15) is 5.26 Å². The van der Waals surface area contributed by atoms with Crippen molar-refractivity contribution in [2.45, 2.75) is 5.92 Å². The van der Waals surface area contributed by atoms with E-state index in [2.05, 4.69) is 15.9 Å². The molecule has 0 radical (unpaired) electrons. The number of carboxylic acids is 1. The minimum Gasteiger partial charge on any atom is -0.478 e. The van der Waals surface area contributed by atoms with E-state index >= 15 is 0 Å². The molecule has 1 unspecified atom stereocenters. The summed E-state index contributed by atoms with van der Waals surface area (Å²) in [6, 6.07) is 14.7. The summed E-state index contributed by atoms with van der Waals surface area (Å²) in [4.78, 5) is 38.7. The Hall–Kier alpha value is -4.10. The van der Waals surface area contributed by atoms with Crippen molar-refractivity contribution < 1.29 is 29.0 Å². The summed E-state index contributed by atoms with van der Waals surface area (Å²) in [6.45, 7) is 0. The third kappa shape index (κ3) is 4.31. The molecule has 0 aromatic heterocycles. The summed E-state index contributed by atoms with van der Waals surface area (Å²) in [5, 5.41) is 19.5. The quantitative estimate of drug-likeness (QED) is 0.578. The summed E-state index contributed by atoms with van der Waals surface area (Å²) in [5.41, 5.74) is 6.45. The third-order valence-electron chi connectivity index (χ3n) is 5.00. The van der Waals surface area contributed by atoms with Gasteiger partial charge in [0.15, 0.2) is 0 Å². The second-order valence-corrected chi connectivity index (χ2v) is 7.75. The van der Waals surface area contributed by atoms with Gasteiger partial charge >= 0.3 is 17.9 Å². The number of esters is 2. The van der Waals surface area contributed by atoms with Gasteiger partial charge in [0.25, 0.3) is 0 Å². The van der Waals surface area contributed by atoms with E-state index in [-0.39, 0.29) is 33.9 Å². The smallest absolute Gasteiger partial charge is 0.355 e. The SMILES string of the molecule is COC(=O)C1=C(C(=O)OC)N(c2cc(Br)cc(C(=O)O)c2)C(N)=C(C#N)C1c1ccccc1. The lowest BCUT2D eigenvalue weighted by atomic mass is 9.81. The Balaban J connectivity index is 2.44. The molecular weight excluding hydrogens is 494 g/mol. The van der Waals surface area contributed by atoms with Crippen molar-refractivity contribution in [1.82, 2.24) is 0 Å². The summed E-state index contributed by atoms with van der Waals surface area (Å²) >= 11 is 3.24. The molecule has 10 heteroatoms. The van der Waals surface area contributed by atoms with Gasteiger partial charge in [0.05, 0.1) is 42.9 Å². The molecule has 3 rings (SSSR count). The highest BCUT2D eigenvalue weighted by Crippen LogP contribution is 2.43. The van der Waals surface area contributed by atoms with Gasteiger partial charge in [-0.1, -0.05) is 46.3 Å². The molecule has 3 N–H and O–H groups in total. The number of carboxylic acid groups (broad SMARTS) is 1. The number of aromatic carboxylic acids is 1. The van der Waals surface area contributed by atoms with Crippen LogP contribution in [0.2, 0.25) is 0 Å². The molecule has 0 aliphatic carbocycles. The minimum absolute atomic E-state index is 0.0221. The Morgan fingerprint density at radius 1 is 1.09 bits per heavy atom. The highest BCUT2D eigenvalue weighted by atomic mass is 79.9. The second-order valence-electron chi connectivity index (χ2n) is 6.84. The van der Waals surface area contributed by atoms with Crippen LogP contribution in [0.3, 0.4) is 0 Å². The van der Waals surface area contributed by atoms with Gasteiger partial charge in [0, 0.05) is 10.2 Å². The summed E-state index contributed by atoms with van der Waals surface area (Å²) in [5.74, 6) is -4.19. The van der Waals surface area contributed by atoms with E-state index < -0.39 is 23.8 Å². The van der Waals surface area contributed by atoms with Crippen molar-refractivity contribution in [2.24, 2.45) is 5.73 Å². The van der Waals surface area contributed by atoms with Crippen molar-refractivity contribution >= 4 is 39.5 Å². The Morgan fingerprint density at radius 2 is 1.73 bits per heavy atom. The van der Waals surface area contributed by atoms with Gasteiger partial charge in [-0.25, -0.2) is 14.4 Å². The Labute approximate surface area is 197 Å². The second kappa shape index (κ2) is 9.58. The van der Waals surface area contributed by atoms with Crippen LogP contribution < -0.4 is 10.6 Å². The standard InChI is InChI=1S/C23H18BrN3O6/c1-32-22(30)18-17(12-6-4-3-5-7-12)16(11-25)20(26)27(19(18)23(31)33-2)15-9-13(21(28)29)8-14(24)10-15/h3-10,17H,26H2,1-2H3,(H,28,29). The fourth-order valence-corrected chi connectivity index (χ4v) is 4.09. The number of nitrogens with two attached hydrogens (primary N) is 1. The molecule has 1 aliphatic rings. The first-order valence-corrected chi connectivity index (χ1v) is 10.2. The average molecular weight is 512 g/mol. The highest BCUT2D eigenvalue weighted by molar-refractivity contribution is 9.10. The predicted octanol–water partition coefficient (Wildman–Crippen LogP) is 3.05. The monoisotopic (exact) mass is 511 g/mol. The molecular formula is C23H18BrN3O6. The normalized spacial score (nSPS) is 15.7. The minimum atomic E-state index is -1.23. The number of carbonyl (C=O) groups is 3. The number of nitriles is 1. The zero-order chi connectivity index (χ0) is 24.3. The lowest BCUT2D eigenvalue weighted by Gasteiger charge is -2.36. The molecule has 1 aliphatic heterocycles. The zero-order valence-corrected chi connectivity index (χ0v) is 19.1. The molecule has 2 aromatic carbocycles. The first-order chi connectivity index (χ1) is 15.7. The molecule has 0 bridgehead atoms. The number of ether oxygens (including phenoxy) is 2. The molecule has 0 spiro atoms. The van der Waals surface area contributed by atoms with Gasteiger partial charge in [0.2, 0.25) is 0 Å². The van der Waals surface area contributed by atoms with Gasteiger partial charge in [-0.15, -0.1) is 0 Å². The molecule has 1 heterocycles. The van der Waals surface area contributed by atoms with Crippen molar-refractivity contribution in [3.8, 4) is 6.07 Å². The molecule has 9 nitrogen and oxygen atoms in total. The summed E-state index contributed by atoms with van der Waals surface area (Å²) < 4.78 is 10.3. The zero-order valence-electron chi connectivity index (χ0n) is 17.5. The molecule has 33 heavy (non-hydrogen) atoms. The topological polar surface area (TPSA) is 143 Å². The van der Waals surface area contributed by atoms with Crippen LogP contribution in [-0.4, -0.2) is 37.2 Å². The Kier molecular flexibility index (Phi) is 6.84. The van der Waals surface area contributed by atoms with Crippen LogP contribution in [0.25, 0.3) is 0 Å². The number of anilines is 1. The van der Waals surface area contributed by atoms with Crippen LogP contribution in [0.1, 0.15) is 21.8 Å². The number of carbonyl (C=O) groups excluding carboxylic acids is 2. The summed E-state index contributed by atoms with van der Waals surface area (Å²) in [7, 11) is 2.27. The first kappa shape index (κ1) is 23.6. The maximum absolute atomic E-state index is 13.0. The maximum Gasteiger partial charge on any atom is 0.355 e. The van der Waals surface area contributed by atoms with Gasteiger partial charge in [0.1, 0.15) is 11.5 Å². The van der Waals surface area contributed by atoms with Crippen LogP contribution >= 0.6 is 15.9 Å². The molecule has 0 saturated carbocycles. The van der Waals surface area contributed by atoms with Crippen LogP contribution in [0.4, 0.5) is 5.69 Å². The van der Waals surface area contributed by atoms with Crippen molar-refractivity contribution in [1.29, 1.82) is 5.26 Å². The molecule has 0 amide bonds. The van der Waals surface area contributed by atoms with Crippen LogP contribution in [0.15, 0.2) is 75.7 Å². The highest BCUT2D eigenvalue weighted by Gasteiger charge is 2.43. The summed E-state index contributed by atoms with van der Waals surface area (Å²) in [6.07, 6.45) is 0. The number of benzene rings is 2. The van der Waals surface area contributed by atoms with E-state index in [1.54, 1.807) is 30.3 Å². The van der Waals surface area contributed by atoms with Gasteiger partial charge < -0.3 is 20.3 Å². The lowest BCUT2D eigenvalue weighted by molar-refractivity contribution is -0.139. The number of halogens is 1. The number of hydrogen-bond acceptors (Lipinski definition) is 8. The van der Waals surface area contributed by atoms with Crippen molar-refractivity contribution in [3.63, 3.8) is 0 Å². The number of rotatable bonds is 5. The molecule has 1 atom stereocenters. The number of methoxy groups -OCH3 is 2. The fraction of sp³-hybridized carbons (Fsp3) is 0.130. The first-order valence-electron chi connectivity index (χ1n) is 9.44. The van der Waals surface area contributed by atoms with Crippen LogP contribution in [0.5, 0.6) is 0 Å². The molecule has 2 aromatic rings. The predicted molar refractivity (Wildman–Crippen MR) is 121 cm³/mol. The van der Waals surface area contributed by atoms with Gasteiger partial charge in [-0.05, 0) is 23.8 Å². The van der Waals surface area contributed by atoms with Gasteiger partial charge in [-0.3, -0.25) is 4.90 Å².